The van der Waals surface area contributed by atoms with Crippen molar-refractivity contribution in [2.45, 2.75) is 6.42 Å². The van der Waals surface area contributed by atoms with Gasteiger partial charge in [-0.15, -0.1) is 0 Å². The van der Waals surface area contributed by atoms with Gasteiger partial charge in [-0.2, -0.15) is 12.7 Å². The van der Waals surface area contributed by atoms with Gasteiger partial charge in [-0.3, -0.25) is 0 Å². The molecule has 0 saturated carbocycles. The van der Waals surface area contributed by atoms with Crippen LogP contribution in [0.4, 0.5) is 0 Å². The summed E-state index contributed by atoms with van der Waals surface area (Å²) in [5.41, 5.74) is 0. The molecule has 0 bridgehead atoms. The highest BCUT2D eigenvalue weighted by molar-refractivity contribution is 7.89. The van der Waals surface area contributed by atoms with E-state index in [0.29, 0.717) is 0 Å². The van der Waals surface area contributed by atoms with Crippen molar-refractivity contribution in [1.29, 1.82) is 0 Å². The van der Waals surface area contributed by atoms with Gasteiger partial charge in [0.2, 0.25) is 10.0 Å². The second kappa shape index (κ2) is 5.03. The molecule has 0 fully saturated rings. The van der Waals surface area contributed by atoms with E-state index < -0.39 is 20.2 Å². The molecule has 0 aromatic rings. The number of primary sulfonamides is 1. The molecule has 14 heavy (non-hydrogen) atoms. The van der Waals surface area contributed by atoms with Crippen molar-refractivity contribution in [1.82, 2.24) is 9.03 Å². The summed E-state index contributed by atoms with van der Waals surface area (Å²) < 4.78 is 46.4. The maximum Gasteiger partial charge on any atom is 0.278 e. The van der Waals surface area contributed by atoms with Gasteiger partial charge in [-0.05, 0) is 6.42 Å². The monoisotopic (exact) mass is 245 g/mol. The molecule has 0 heterocycles. The quantitative estimate of drug-likeness (QED) is 0.530. The largest absolute Gasteiger partial charge is 0.278 e. The predicted octanol–water partition coefficient (Wildman–Crippen LogP) is -1.94. The fourth-order valence-corrected chi connectivity index (χ4v) is 1.81. The molecule has 0 aliphatic heterocycles. The van der Waals surface area contributed by atoms with E-state index in [4.69, 9.17) is 5.14 Å². The van der Waals surface area contributed by atoms with E-state index >= 15 is 0 Å². The number of hydrogen-bond acceptors (Lipinski definition) is 4. The molecule has 0 amide bonds. The summed E-state index contributed by atoms with van der Waals surface area (Å²) in [5, 5.41) is 4.73. The molecule has 0 saturated heterocycles. The lowest BCUT2D eigenvalue weighted by atomic mass is 10.5. The summed E-state index contributed by atoms with van der Waals surface area (Å²) in [4.78, 5) is 0. The molecular weight excluding hydrogens is 230 g/mol. The lowest BCUT2D eigenvalue weighted by Crippen LogP contribution is -2.36. The minimum Gasteiger partial charge on any atom is -0.229 e. The normalized spacial score (nSPS) is 13.4. The zero-order chi connectivity index (χ0) is 11.4. The zero-order valence-corrected chi connectivity index (χ0v) is 9.73. The second-order valence-electron chi connectivity index (χ2n) is 2.90. The first kappa shape index (κ1) is 13.8. The predicted molar refractivity (Wildman–Crippen MR) is 53.2 cm³/mol. The summed E-state index contributed by atoms with van der Waals surface area (Å²) in [6.07, 6.45) is 0.159. The van der Waals surface area contributed by atoms with E-state index in [-0.39, 0.29) is 18.7 Å². The van der Waals surface area contributed by atoms with Crippen LogP contribution in [0, 0.1) is 0 Å². The number of nitrogens with zero attached hydrogens (tertiary/aromatic N) is 1. The van der Waals surface area contributed by atoms with Gasteiger partial charge in [0.15, 0.2) is 0 Å². The molecular formula is C5H15N3O4S2. The summed E-state index contributed by atoms with van der Waals surface area (Å²) in [7, 11) is -4.22. The van der Waals surface area contributed by atoms with Crippen molar-refractivity contribution in [2.24, 2.45) is 5.14 Å². The van der Waals surface area contributed by atoms with E-state index in [1.807, 2.05) is 0 Å². The van der Waals surface area contributed by atoms with Crippen LogP contribution in [0.25, 0.3) is 0 Å². The molecule has 0 atom stereocenters. The van der Waals surface area contributed by atoms with E-state index in [1.165, 1.54) is 14.1 Å². The fraction of sp³-hybridized carbons (Fsp3) is 1.00. The number of nitrogens with one attached hydrogen (secondary N) is 1. The second-order valence-corrected chi connectivity index (χ2v) is 6.61. The molecule has 7 nitrogen and oxygen atoms in total. The third-order valence-corrected chi connectivity index (χ3v) is 3.76. The van der Waals surface area contributed by atoms with Gasteiger partial charge in [0, 0.05) is 20.6 Å². The highest BCUT2D eigenvalue weighted by atomic mass is 32.2. The first-order valence-corrected chi connectivity index (χ1v) is 6.98. The summed E-state index contributed by atoms with van der Waals surface area (Å²) >= 11 is 0. The maximum absolute atomic E-state index is 11.1. The van der Waals surface area contributed by atoms with Gasteiger partial charge in [0.05, 0.1) is 5.75 Å². The number of sulfonamides is 1. The van der Waals surface area contributed by atoms with Crippen LogP contribution in [-0.2, 0) is 20.2 Å². The minimum absolute atomic E-state index is 0.0525. The fourth-order valence-electron chi connectivity index (χ4n) is 0.604. The Morgan fingerprint density at radius 2 is 1.71 bits per heavy atom. The minimum atomic E-state index is -3.51. The summed E-state index contributed by atoms with van der Waals surface area (Å²) in [5.74, 6) is -0.233. The van der Waals surface area contributed by atoms with Gasteiger partial charge < -0.3 is 0 Å². The SMILES string of the molecule is CN(C)S(=O)(=O)NCCCS(N)(=O)=O. The van der Waals surface area contributed by atoms with Gasteiger partial charge in [-0.1, -0.05) is 0 Å². The molecule has 0 rings (SSSR count). The number of hydrogen-bond donors (Lipinski definition) is 2. The zero-order valence-electron chi connectivity index (χ0n) is 8.10. The molecule has 0 spiro atoms. The summed E-state index contributed by atoms with van der Waals surface area (Å²) in [6, 6.07) is 0. The van der Waals surface area contributed by atoms with E-state index in [0.717, 1.165) is 4.31 Å². The van der Waals surface area contributed by atoms with E-state index in [2.05, 4.69) is 4.72 Å². The molecule has 3 N–H and O–H groups in total. The standard InChI is InChI=1S/C5H15N3O4S2/c1-8(2)14(11,12)7-4-3-5-13(6,9)10/h7H,3-5H2,1-2H3,(H2,6,9,10). The van der Waals surface area contributed by atoms with Crippen LogP contribution in [0.15, 0.2) is 0 Å². The Morgan fingerprint density at radius 3 is 2.07 bits per heavy atom. The molecule has 0 aromatic carbocycles. The molecule has 0 aromatic heterocycles. The third-order valence-electron chi connectivity index (χ3n) is 1.37. The van der Waals surface area contributed by atoms with Crippen molar-refractivity contribution < 1.29 is 16.8 Å². The maximum atomic E-state index is 11.1. The average Bonchev–Trinajstić information content (AvgIpc) is 1.96. The Hall–Kier alpha value is -0.220. The van der Waals surface area contributed by atoms with Crippen LogP contribution in [0.1, 0.15) is 6.42 Å². The molecule has 0 aliphatic rings. The average molecular weight is 245 g/mol. The van der Waals surface area contributed by atoms with Crippen molar-refractivity contribution >= 4 is 20.2 Å². The molecule has 0 unspecified atom stereocenters. The molecule has 9 heteroatoms. The van der Waals surface area contributed by atoms with Crippen LogP contribution in [0.2, 0.25) is 0 Å². The van der Waals surface area contributed by atoms with E-state index in [9.17, 15) is 16.8 Å². The lowest BCUT2D eigenvalue weighted by Gasteiger charge is -2.11. The first-order chi connectivity index (χ1) is 6.15. The summed E-state index contributed by atoms with van der Waals surface area (Å²) in [6.45, 7) is 0.0525. The number of rotatable bonds is 6. The topological polar surface area (TPSA) is 110 Å². The van der Waals surface area contributed by atoms with Crippen LogP contribution >= 0.6 is 0 Å². The Balaban J connectivity index is 3.88. The van der Waals surface area contributed by atoms with Gasteiger partial charge in [-0.25, -0.2) is 18.3 Å². The van der Waals surface area contributed by atoms with Gasteiger partial charge in [0.1, 0.15) is 0 Å². The van der Waals surface area contributed by atoms with Crippen LogP contribution in [-0.4, -0.2) is 47.5 Å². The van der Waals surface area contributed by atoms with Gasteiger partial charge in [0.25, 0.3) is 10.2 Å². The van der Waals surface area contributed by atoms with Crippen molar-refractivity contribution in [3.63, 3.8) is 0 Å². The first-order valence-electron chi connectivity index (χ1n) is 3.83. The highest BCUT2D eigenvalue weighted by Crippen LogP contribution is 1.90. The van der Waals surface area contributed by atoms with Crippen molar-refractivity contribution in [2.75, 3.05) is 26.4 Å². The van der Waals surface area contributed by atoms with E-state index in [1.54, 1.807) is 0 Å². The Morgan fingerprint density at radius 1 is 1.21 bits per heavy atom. The van der Waals surface area contributed by atoms with Crippen LogP contribution < -0.4 is 9.86 Å². The molecule has 0 aliphatic carbocycles. The number of nitrogens with two attached hydrogens (primary N) is 1. The smallest absolute Gasteiger partial charge is 0.229 e. The Labute approximate surface area is 84.5 Å². The third kappa shape index (κ3) is 6.27. The van der Waals surface area contributed by atoms with Crippen LogP contribution in [0.5, 0.6) is 0 Å². The highest BCUT2D eigenvalue weighted by Gasteiger charge is 2.12. The lowest BCUT2D eigenvalue weighted by molar-refractivity contribution is 0.505. The van der Waals surface area contributed by atoms with Crippen LogP contribution in [0.3, 0.4) is 0 Å². The van der Waals surface area contributed by atoms with Gasteiger partial charge >= 0.3 is 0 Å². The molecule has 0 radical (unpaired) electrons. The van der Waals surface area contributed by atoms with Crippen molar-refractivity contribution in [3.05, 3.63) is 0 Å². The Bertz CT molecular complexity index is 358. The molecule has 86 valence electrons. The van der Waals surface area contributed by atoms with Crippen molar-refractivity contribution in [3.8, 4) is 0 Å². The Kier molecular flexibility index (Phi) is 4.95.